The van der Waals surface area contributed by atoms with E-state index in [1.165, 1.54) is 0 Å². The highest BCUT2D eigenvalue weighted by molar-refractivity contribution is 6.01. The fourth-order valence-corrected chi connectivity index (χ4v) is 2.56. The Kier molecular flexibility index (Phi) is 2.87. The third-order valence-corrected chi connectivity index (χ3v) is 3.40. The lowest BCUT2D eigenvalue weighted by Crippen LogP contribution is -2.49. The molecule has 0 heterocycles. The van der Waals surface area contributed by atoms with Crippen LogP contribution in [0, 0.1) is 17.8 Å². The molecule has 0 aliphatic heterocycles. The molecule has 6 nitrogen and oxygen atoms in total. The third-order valence-electron chi connectivity index (χ3n) is 3.40. The zero-order valence-electron chi connectivity index (χ0n) is 9.00. The van der Waals surface area contributed by atoms with Gasteiger partial charge in [0.05, 0.1) is 0 Å². The Balaban J connectivity index is 1.99. The van der Waals surface area contributed by atoms with Crippen LogP contribution in [-0.4, -0.2) is 34.1 Å². The highest BCUT2D eigenvalue weighted by Crippen LogP contribution is 2.43. The van der Waals surface area contributed by atoms with Crippen LogP contribution in [0.15, 0.2) is 12.2 Å². The van der Waals surface area contributed by atoms with Gasteiger partial charge >= 0.3 is 11.9 Å². The first-order valence-corrected chi connectivity index (χ1v) is 5.43. The lowest BCUT2D eigenvalue weighted by Gasteiger charge is -2.19. The zero-order valence-corrected chi connectivity index (χ0v) is 9.00. The summed E-state index contributed by atoms with van der Waals surface area (Å²) in [5, 5.41) is 19.4. The summed E-state index contributed by atoms with van der Waals surface area (Å²) < 4.78 is 0. The lowest BCUT2D eigenvalue weighted by molar-refractivity contribution is -0.153. The van der Waals surface area contributed by atoms with E-state index in [9.17, 15) is 14.4 Å². The van der Waals surface area contributed by atoms with Gasteiger partial charge in [-0.25, -0.2) is 9.59 Å². The SMILES string of the molecule is O=C(O)C(NC(=O)[C@H]1C[C@@H]2C=C[C@H]1C2)C(=O)O. The van der Waals surface area contributed by atoms with E-state index < -0.39 is 23.9 Å². The summed E-state index contributed by atoms with van der Waals surface area (Å²) in [4.78, 5) is 33.1. The van der Waals surface area contributed by atoms with Crippen molar-refractivity contribution in [2.24, 2.45) is 17.8 Å². The van der Waals surface area contributed by atoms with Gasteiger partial charge in [-0.2, -0.15) is 0 Å². The molecule has 0 radical (unpaired) electrons. The Bertz CT molecular complexity index is 389. The molecule has 0 aromatic rings. The highest BCUT2D eigenvalue weighted by atomic mass is 16.4. The fourth-order valence-electron chi connectivity index (χ4n) is 2.56. The molecule has 92 valence electrons. The second-order valence-electron chi connectivity index (χ2n) is 4.50. The number of nitrogens with one attached hydrogen (secondary N) is 1. The first-order chi connectivity index (χ1) is 7.99. The van der Waals surface area contributed by atoms with E-state index in [0.717, 1.165) is 6.42 Å². The number of aliphatic carboxylic acids is 2. The molecule has 17 heavy (non-hydrogen) atoms. The van der Waals surface area contributed by atoms with Crippen molar-refractivity contribution in [1.82, 2.24) is 5.32 Å². The molecule has 2 bridgehead atoms. The van der Waals surface area contributed by atoms with Crippen LogP contribution in [-0.2, 0) is 14.4 Å². The van der Waals surface area contributed by atoms with E-state index >= 15 is 0 Å². The molecule has 0 aromatic heterocycles. The molecule has 2 rings (SSSR count). The topological polar surface area (TPSA) is 104 Å². The van der Waals surface area contributed by atoms with Crippen LogP contribution < -0.4 is 5.32 Å². The van der Waals surface area contributed by atoms with E-state index in [4.69, 9.17) is 10.2 Å². The number of allylic oxidation sites excluding steroid dienone is 2. The first-order valence-electron chi connectivity index (χ1n) is 5.43. The van der Waals surface area contributed by atoms with E-state index in [2.05, 4.69) is 11.4 Å². The summed E-state index contributed by atoms with van der Waals surface area (Å²) in [6, 6.07) is -1.86. The van der Waals surface area contributed by atoms with Crippen LogP contribution in [0.1, 0.15) is 12.8 Å². The third kappa shape index (κ3) is 2.15. The molecule has 3 atom stereocenters. The maximum atomic E-state index is 11.8. The van der Waals surface area contributed by atoms with Crippen molar-refractivity contribution < 1.29 is 24.6 Å². The number of carbonyl (C=O) groups is 3. The van der Waals surface area contributed by atoms with Gasteiger partial charge in [-0.3, -0.25) is 4.79 Å². The van der Waals surface area contributed by atoms with E-state index in [-0.39, 0.29) is 11.8 Å². The molecule has 0 saturated heterocycles. The number of hydrogen-bond donors (Lipinski definition) is 3. The van der Waals surface area contributed by atoms with Crippen molar-refractivity contribution in [3.05, 3.63) is 12.2 Å². The van der Waals surface area contributed by atoms with Crippen LogP contribution in [0.4, 0.5) is 0 Å². The summed E-state index contributed by atoms with van der Waals surface area (Å²) in [6.07, 6.45) is 5.59. The predicted molar refractivity (Wildman–Crippen MR) is 56.0 cm³/mol. The number of carbonyl (C=O) groups excluding carboxylic acids is 1. The van der Waals surface area contributed by atoms with Crippen LogP contribution >= 0.6 is 0 Å². The molecule has 3 N–H and O–H groups in total. The molecule has 1 saturated carbocycles. The van der Waals surface area contributed by atoms with Crippen LogP contribution in [0.5, 0.6) is 0 Å². The quantitative estimate of drug-likeness (QED) is 0.467. The second kappa shape index (κ2) is 4.20. The fraction of sp³-hybridized carbons (Fsp3) is 0.545. The number of hydrogen-bond acceptors (Lipinski definition) is 3. The van der Waals surface area contributed by atoms with E-state index in [1.54, 1.807) is 0 Å². The van der Waals surface area contributed by atoms with Crippen LogP contribution in [0.2, 0.25) is 0 Å². The van der Waals surface area contributed by atoms with Gasteiger partial charge in [-0.05, 0) is 24.7 Å². The van der Waals surface area contributed by atoms with Crippen molar-refractivity contribution in [1.29, 1.82) is 0 Å². The standard InChI is InChI=1S/C11H13NO5/c13-9(12-8(10(14)15)11(16)17)7-4-5-1-2-6(7)3-5/h1-2,5-8H,3-4H2,(H,12,13)(H,14,15)(H,16,17)/t5-,6+,7+/m1/s1. The summed E-state index contributed by atoms with van der Waals surface area (Å²) in [5.74, 6) is -3.36. The summed E-state index contributed by atoms with van der Waals surface area (Å²) >= 11 is 0. The minimum atomic E-state index is -1.86. The van der Waals surface area contributed by atoms with Gasteiger partial charge in [0.15, 0.2) is 0 Å². The molecule has 1 fully saturated rings. The Labute approximate surface area is 97.3 Å². The number of amides is 1. The second-order valence-corrected chi connectivity index (χ2v) is 4.50. The Morgan fingerprint density at radius 2 is 1.76 bits per heavy atom. The summed E-state index contributed by atoms with van der Waals surface area (Å²) in [7, 11) is 0. The highest BCUT2D eigenvalue weighted by Gasteiger charge is 2.41. The largest absolute Gasteiger partial charge is 0.479 e. The van der Waals surface area contributed by atoms with E-state index in [0.29, 0.717) is 12.3 Å². The Morgan fingerprint density at radius 3 is 2.18 bits per heavy atom. The van der Waals surface area contributed by atoms with E-state index in [1.807, 2.05) is 6.08 Å². The smallest absolute Gasteiger partial charge is 0.338 e. The molecule has 6 heteroatoms. The molecule has 0 unspecified atom stereocenters. The Hall–Kier alpha value is -1.85. The van der Waals surface area contributed by atoms with Crippen molar-refractivity contribution >= 4 is 17.8 Å². The van der Waals surface area contributed by atoms with Gasteiger partial charge in [-0.1, -0.05) is 12.2 Å². The van der Waals surface area contributed by atoms with Gasteiger partial charge in [0.1, 0.15) is 0 Å². The van der Waals surface area contributed by atoms with Crippen molar-refractivity contribution in [2.75, 3.05) is 0 Å². The molecule has 0 spiro atoms. The van der Waals surface area contributed by atoms with Crippen molar-refractivity contribution in [3.63, 3.8) is 0 Å². The normalized spacial score (nSPS) is 29.6. The van der Waals surface area contributed by atoms with Crippen molar-refractivity contribution in [2.45, 2.75) is 18.9 Å². The summed E-state index contributed by atoms with van der Waals surface area (Å²) in [5.41, 5.74) is 0. The summed E-state index contributed by atoms with van der Waals surface area (Å²) in [6.45, 7) is 0. The molecule has 1 amide bonds. The minimum absolute atomic E-state index is 0.128. The predicted octanol–water partition coefficient (Wildman–Crippen LogP) is -0.147. The Morgan fingerprint density at radius 1 is 1.12 bits per heavy atom. The van der Waals surface area contributed by atoms with Gasteiger partial charge in [-0.15, -0.1) is 0 Å². The van der Waals surface area contributed by atoms with Crippen LogP contribution in [0.25, 0.3) is 0 Å². The number of rotatable bonds is 4. The zero-order chi connectivity index (χ0) is 12.6. The van der Waals surface area contributed by atoms with Gasteiger partial charge < -0.3 is 15.5 Å². The maximum absolute atomic E-state index is 11.8. The number of carboxylic acids is 2. The molecular formula is C11H13NO5. The first kappa shape index (κ1) is 11.6. The minimum Gasteiger partial charge on any atom is -0.479 e. The lowest BCUT2D eigenvalue weighted by atomic mass is 9.92. The molecule has 2 aliphatic rings. The molecule has 0 aromatic carbocycles. The molecular weight excluding hydrogens is 226 g/mol. The van der Waals surface area contributed by atoms with Gasteiger partial charge in [0.2, 0.25) is 11.9 Å². The van der Waals surface area contributed by atoms with Crippen LogP contribution in [0.3, 0.4) is 0 Å². The van der Waals surface area contributed by atoms with Gasteiger partial charge in [0.25, 0.3) is 0 Å². The average Bonchev–Trinajstić information content (AvgIpc) is 2.85. The average molecular weight is 239 g/mol. The maximum Gasteiger partial charge on any atom is 0.338 e. The monoisotopic (exact) mass is 239 g/mol. The molecule has 2 aliphatic carbocycles. The number of fused-ring (bicyclic) bond motifs is 2. The van der Waals surface area contributed by atoms with Gasteiger partial charge in [0, 0.05) is 5.92 Å². The number of carboxylic acid groups (broad SMARTS) is 2. The van der Waals surface area contributed by atoms with Crippen molar-refractivity contribution in [3.8, 4) is 0 Å².